The topological polar surface area (TPSA) is 56.8 Å². The lowest BCUT2D eigenvalue weighted by Crippen LogP contribution is -2.40. The van der Waals surface area contributed by atoms with Crippen LogP contribution in [0.25, 0.3) is 0 Å². The Balaban J connectivity index is 1.32. The van der Waals surface area contributed by atoms with Gasteiger partial charge in [0.15, 0.2) is 11.5 Å². The highest BCUT2D eigenvalue weighted by Gasteiger charge is 2.20. The Bertz CT molecular complexity index is 722. The fraction of sp³-hybridized carbons (Fsp3) is 0.316. The summed E-state index contributed by atoms with van der Waals surface area (Å²) in [5, 5.41) is 2.88. The Morgan fingerprint density at radius 2 is 2.04 bits per heavy atom. The standard InChI is InChI=1S/C19H20BrNO4/c20-14-5-3-6-15(11-14)23-10-4-9-19(22)21-12-16-13-24-17-7-1-2-8-18(17)25-16/h1-3,5-8,11,16H,4,9-10,12-13H2,(H,21,22)/t16-/m1/s1. The van der Waals surface area contributed by atoms with Gasteiger partial charge in [0.1, 0.15) is 18.5 Å². The molecule has 2 aromatic rings. The number of para-hydroxylation sites is 2. The van der Waals surface area contributed by atoms with Gasteiger partial charge in [0.05, 0.1) is 13.2 Å². The Hall–Kier alpha value is -2.21. The molecule has 0 bridgehead atoms. The van der Waals surface area contributed by atoms with Crippen molar-refractivity contribution in [1.82, 2.24) is 5.32 Å². The number of halogens is 1. The molecule has 0 aromatic heterocycles. The molecule has 1 amide bonds. The van der Waals surface area contributed by atoms with E-state index in [9.17, 15) is 4.79 Å². The second kappa shape index (κ2) is 8.76. The summed E-state index contributed by atoms with van der Waals surface area (Å²) in [6.45, 7) is 1.36. The summed E-state index contributed by atoms with van der Waals surface area (Å²) in [5.41, 5.74) is 0. The SMILES string of the molecule is O=C(CCCOc1cccc(Br)c1)NC[C@@H]1COc2ccccc2O1. The second-order valence-corrected chi connectivity index (χ2v) is 6.63. The fourth-order valence-electron chi connectivity index (χ4n) is 2.46. The van der Waals surface area contributed by atoms with Gasteiger partial charge in [-0.1, -0.05) is 34.1 Å². The number of hydrogen-bond donors (Lipinski definition) is 1. The van der Waals surface area contributed by atoms with Gasteiger partial charge in [-0.15, -0.1) is 0 Å². The summed E-state index contributed by atoms with van der Waals surface area (Å²) < 4.78 is 18.0. The molecule has 132 valence electrons. The highest BCUT2D eigenvalue weighted by molar-refractivity contribution is 9.10. The zero-order valence-electron chi connectivity index (χ0n) is 13.7. The number of benzene rings is 2. The van der Waals surface area contributed by atoms with Crippen LogP contribution in [0, 0.1) is 0 Å². The number of amides is 1. The Labute approximate surface area is 155 Å². The molecule has 25 heavy (non-hydrogen) atoms. The van der Waals surface area contributed by atoms with Gasteiger partial charge in [0.2, 0.25) is 5.91 Å². The van der Waals surface area contributed by atoms with E-state index in [-0.39, 0.29) is 12.0 Å². The van der Waals surface area contributed by atoms with Crippen LogP contribution in [0.3, 0.4) is 0 Å². The summed E-state index contributed by atoms with van der Waals surface area (Å²) in [7, 11) is 0. The van der Waals surface area contributed by atoms with Gasteiger partial charge in [0, 0.05) is 10.9 Å². The van der Waals surface area contributed by atoms with E-state index in [1.165, 1.54) is 0 Å². The molecule has 1 N–H and O–H groups in total. The predicted octanol–water partition coefficient (Wildman–Crippen LogP) is 3.56. The summed E-state index contributed by atoms with van der Waals surface area (Å²) in [6, 6.07) is 15.2. The Kier molecular flexibility index (Phi) is 6.17. The quantitative estimate of drug-likeness (QED) is 0.715. The predicted molar refractivity (Wildman–Crippen MR) is 98.2 cm³/mol. The molecule has 1 aliphatic heterocycles. The Morgan fingerprint density at radius 1 is 1.20 bits per heavy atom. The van der Waals surface area contributed by atoms with E-state index < -0.39 is 0 Å². The molecular weight excluding hydrogens is 386 g/mol. The van der Waals surface area contributed by atoms with Crippen molar-refractivity contribution in [2.75, 3.05) is 19.8 Å². The highest BCUT2D eigenvalue weighted by atomic mass is 79.9. The molecule has 0 aliphatic carbocycles. The molecule has 1 heterocycles. The van der Waals surface area contributed by atoms with Crippen molar-refractivity contribution in [2.45, 2.75) is 18.9 Å². The number of nitrogens with one attached hydrogen (secondary N) is 1. The van der Waals surface area contributed by atoms with E-state index in [0.717, 1.165) is 21.7 Å². The van der Waals surface area contributed by atoms with Crippen LogP contribution in [0.15, 0.2) is 53.0 Å². The number of ether oxygens (including phenoxy) is 3. The van der Waals surface area contributed by atoms with E-state index in [1.807, 2.05) is 48.5 Å². The van der Waals surface area contributed by atoms with Crippen molar-refractivity contribution in [2.24, 2.45) is 0 Å². The van der Waals surface area contributed by atoms with Gasteiger partial charge in [-0.3, -0.25) is 4.79 Å². The molecule has 1 aliphatic rings. The first-order valence-corrected chi connectivity index (χ1v) is 9.03. The van der Waals surface area contributed by atoms with Crippen molar-refractivity contribution in [1.29, 1.82) is 0 Å². The van der Waals surface area contributed by atoms with Crippen LogP contribution < -0.4 is 19.5 Å². The minimum absolute atomic E-state index is 0.0136. The number of rotatable bonds is 7. The van der Waals surface area contributed by atoms with Gasteiger partial charge in [-0.2, -0.15) is 0 Å². The summed E-state index contributed by atoms with van der Waals surface area (Å²) in [4.78, 5) is 11.9. The average molecular weight is 406 g/mol. The maximum atomic E-state index is 11.9. The zero-order valence-corrected chi connectivity index (χ0v) is 15.3. The zero-order chi connectivity index (χ0) is 17.5. The fourth-order valence-corrected chi connectivity index (χ4v) is 2.84. The first-order chi connectivity index (χ1) is 12.2. The van der Waals surface area contributed by atoms with Crippen LogP contribution in [0.4, 0.5) is 0 Å². The van der Waals surface area contributed by atoms with Gasteiger partial charge in [0.25, 0.3) is 0 Å². The molecule has 0 unspecified atom stereocenters. The van der Waals surface area contributed by atoms with Crippen LogP contribution in [-0.2, 0) is 4.79 Å². The maximum Gasteiger partial charge on any atom is 0.220 e. The molecule has 5 nitrogen and oxygen atoms in total. The second-order valence-electron chi connectivity index (χ2n) is 5.71. The third kappa shape index (κ3) is 5.39. The monoisotopic (exact) mass is 405 g/mol. The first-order valence-electron chi connectivity index (χ1n) is 8.24. The first kappa shape index (κ1) is 17.6. The van der Waals surface area contributed by atoms with Crippen LogP contribution in [0.1, 0.15) is 12.8 Å². The summed E-state index contributed by atoms with van der Waals surface area (Å²) in [5.74, 6) is 2.24. The highest BCUT2D eigenvalue weighted by Crippen LogP contribution is 2.30. The summed E-state index contributed by atoms with van der Waals surface area (Å²) >= 11 is 3.40. The van der Waals surface area contributed by atoms with Crippen LogP contribution >= 0.6 is 15.9 Å². The molecule has 0 saturated heterocycles. The molecule has 3 rings (SSSR count). The Morgan fingerprint density at radius 3 is 2.88 bits per heavy atom. The molecule has 0 fully saturated rings. The molecule has 0 radical (unpaired) electrons. The van der Waals surface area contributed by atoms with Crippen molar-refractivity contribution in [3.05, 3.63) is 53.0 Å². The van der Waals surface area contributed by atoms with E-state index in [4.69, 9.17) is 14.2 Å². The minimum Gasteiger partial charge on any atom is -0.494 e. The average Bonchev–Trinajstić information content (AvgIpc) is 2.63. The van der Waals surface area contributed by atoms with E-state index in [2.05, 4.69) is 21.2 Å². The van der Waals surface area contributed by atoms with Gasteiger partial charge >= 0.3 is 0 Å². The van der Waals surface area contributed by atoms with E-state index in [0.29, 0.717) is 32.6 Å². The summed E-state index contributed by atoms with van der Waals surface area (Å²) in [6.07, 6.45) is 0.901. The molecule has 6 heteroatoms. The number of fused-ring (bicyclic) bond motifs is 1. The smallest absolute Gasteiger partial charge is 0.220 e. The lowest BCUT2D eigenvalue weighted by Gasteiger charge is -2.26. The molecule has 1 atom stereocenters. The van der Waals surface area contributed by atoms with Crippen molar-refractivity contribution in [3.8, 4) is 17.2 Å². The normalized spacial score (nSPS) is 15.5. The number of carbonyl (C=O) groups excluding carboxylic acids is 1. The number of hydrogen-bond acceptors (Lipinski definition) is 4. The van der Waals surface area contributed by atoms with Crippen molar-refractivity contribution < 1.29 is 19.0 Å². The third-order valence-corrected chi connectivity index (χ3v) is 4.20. The van der Waals surface area contributed by atoms with Crippen LogP contribution in [-0.4, -0.2) is 31.8 Å². The van der Waals surface area contributed by atoms with Gasteiger partial charge in [-0.05, 0) is 36.8 Å². The van der Waals surface area contributed by atoms with Crippen molar-refractivity contribution >= 4 is 21.8 Å². The molecule has 0 saturated carbocycles. The van der Waals surface area contributed by atoms with E-state index in [1.54, 1.807) is 0 Å². The lowest BCUT2D eigenvalue weighted by molar-refractivity contribution is -0.121. The molecular formula is C19H20BrNO4. The van der Waals surface area contributed by atoms with Gasteiger partial charge < -0.3 is 19.5 Å². The molecule has 2 aromatic carbocycles. The van der Waals surface area contributed by atoms with Crippen LogP contribution in [0.5, 0.6) is 17.2 Å². The van der Waals surface area contributed by atoms with Crippen molar-refractivity contribution in [3.63, 3.8) is 0 Å². The third-order valence-electron chi connectivity index (χ3n) is 3.71. The van der Waals surface area contributed by atoms with E-state index >= 15 is 0 Å². The molecule has 0 spiro atoms. The lowest BCUT2D eigenvalue weighted by atomic mass is 10.2. The minimum atomic E-state index is -0.170. The maximum absolute atomic E-state index is 11.9. The van der Waals surface area contributed by atoms with Gasteiger partial charge in [-0.25, -0.2) is 0 Å². The van der Waals surface area contributed by atoms with Crippen LogP contribution in [0.2, 0.25) is 0 Å². The number of carbonyl (C=O) groups is 1. The largest absolute Gasteiger partial charge is 0.494 e.